The van der Waals surface area contributed by atoms with Gasteiger partial charge in [0.1, 0.15) is 12.4 Å². The Balaban J connectivity index is 1.84. The first-order valence-electron chi connectivity index (χ1n) is 9.68. The zero-order chi connectivity index (χ0) is 21.5. The molecule has 0 saturated heterocycles. The first-order chi connectivity index (χ1) is 14.5. The highest BCUT2D eigenvalue weighted by atomic mass is 19.1. The maximum absolute atomic E-state index is 14.0. The highest BCUT2D eigenvalue weighted by Crippen LogP contribution is 2.33. The standard InChI is InChI=1S/C24H24FNO4/c1-3-29-22-10-6-8-18(23(22)30-15-19-7-4-5-9-20(19)25)14-26-21-13-17(24(27)28)12-11-16(21)2/h4-13,26H,3,14-15H2,1-2H3,(H,27,28). The predicted molar refractivity (Wildman–Crippen MR) is 114 cm³/mol. The van der Waals surface area contributed by atoms with Gasteiger partial charge in [0.15, 0.2) is 11.5 Å². The Bertz CT molecular complexity index is 1040. The number of rotatable bonds is 9. The Kier molecular flexibility index (Phi) is 6.91. The minimum atomic E-state index is -0.981. The van der Waals surface area contributed by atoms with Crippen molar-refractivity contribution in [3.8, 4) is 11.5 Å². The molecule has 0 radical (unpaired) electrons. The molecule has 0 aliphatic rings. The minimum Gasteiger partial charge on any atom is -0.490 e. The van der Waals surface area contributed by atoms with Crippen LogP contribution in [0, 0.1) is 12.7 Å². The van der Waals surface area contributed by atoms with Crippen LogP contribution in [0.3, 0.4) is 0 Å². The summed E-state index contributed by atoms with van der Waals surface area (Å²) in [4.78, 5) is 11.3. The Labute approximate surface area is 175 Å². The highest BCUT2D eigenvalue weighted by molar-refractivity contribution is 5.89. The first-order valence-corrected chi connectivity index (χ1v) is 9.68. The van der Waals surface area contributed by atoms with Crippen LogP contribution < -0.4 is 14.8 Å². The molecule has 0 aliphatic carbocycles. The van der Waals surface area contributed by atoms with Gasteiger partial charge in [-0.2, -0.15) is 0 Å². The number of hydrogen-bond donors (Lipinski definition) is 2. The van der Waals surface area contributed by atoms with Crippen molar-refractivity contribution in [2.24, 2.45) is 0 Å². The van der Waals surface area contributed by atoms with Crippen LogP contribution in [0.2, 0.25) is 0 Å². The summed E-state index contributed by atoms with van der Waals surface area (Å²) in [6.07, 6.45) is 0. The molecule has 0 aromatic heterocycles. The number of aromatic carboxylic acids is 1. The number of carboxylic acid groups (broad SMARTS) is 1. The van der Waals surface area contributed by atoms with Gasteiger partial charge in [0.25, 0.3) is 0 Å². The predicted octanol–water partition coefficient (Wildman–Crippen LogP) is 5.42. The van der Waals surface area contributed by atoms with Gasteiger partial charge in [0, 0.05) is 23.4 Å². The molecular weight excluding hydrogens is 385 g/mol. The van der Waals surface area contributed by atoms with E-state index in [2.05, 4.69) is 5.32 Å². The number of para-hydroxylation sites is 1. The van der Waals surface area contributed by atoms with Crippen LogP contribution in [0.5, 0.6) is 11.5 Å². The zero-order valence-corrected chi connectivity index (χ0v) is 16.9. The second-order valence-electron chi connectivity index (χ2n) is 6.75. The van der Waals surface area contributed by atoms with E-state index >= 15 is 0 Å². The number of carbonyl (C=O) groups is 1. The van der Waals surface area contributed by atoms with Crippen molar-refractivity contribution in [1.82, 2.24) is 0 Å². The maximum Gasteiger partial charge on any atom is 0.335 e. The SMILES string of the molecule is CCOc1cccc(CNc2cc(C(=O)O)ccc2C)c1OCc1ccccc1F. The quantitative estimate of drug-likeness (QED) is 0.494. The van der Waals surface area contributed by atoms with Crippen LogP contribution in [-0.2, 0) is 13.2 Å². The summed E-state index contributed by atoms with van der Waals surface area (Å²) >= 11 is 0. The number of anilines is 1. The van der Waals surface area contributed by atoms with Crippen LogP contribution in [-0.4, -0.2) is 17.7 Å². The third-order valence-electron chi connectivity index (χ3n) is 4.64. The summed E-state index contributed by atoms with van der Waals surface area (Å²) in [6.45, 7) is 4.70. The average Bonchev–Trinajstić information content (AvgIpc) is 2.73. The number of hydrogen-bond acceptors (Lipinski definition) is 4. The molecule has 0 atom stereocenters. The van der Waals surface area contributed by atoms with Crippen molar-refractivity contribution in [3.63, 3.8) is 0 Å². The van der Waals surface area contributed by atoms with Gasteiger partial charge in [0.05, 0.1) is 12.2 Å². The van der Waals surface area contributed by atoms with E-state index in [4.69, 9.17) is 9.47 Å². The number of carboxylic acids is 1. The lowest BCUT2D eigenvalue weighted by molar-refractivity contribution is 0.0697. The third-order valence-corrected chi connectivity index (χ3v) is 4.64. The minimum absolute atomic E-state index is 0.0668. The van der Waals surface area contributed by atoms with Gasteiger partial charge in [-0.25, -0.2) is 9.18 Å². The molecule has 0 heterocycles. The second kappa shape index (κ2) is 9.78. The fraction of sp³-hybridized carbons (Fsp3) is 0.208. The van der Waals surface area contributed by atoms with Gasteiger partial charge in [0.2, 0.25) is 0 Å². The molecule has 30 heavy (non-hydrogen) atoms. The molecule has 0 fully saturated rings. The Morgan fingerprint density at radius 2 is 1.80 bits per heavy atom. The van der Waals surface area contributed by atoms with Gasteiger partial charge in [-0.05, 0) is 43.7 Å². The molecule has 0 bridgehead atoms. The highest BCUT2D eigenvalue weighted by Gasteiger charge is 2.14. The summed E-state index contributed by atoms with van der Waals surface area (Å²) in [7, 11) is 0. The number of benzene rings is 3. The van der Waals surface area contributed by atoms with Crippen LogP contribution in [0.15, 0.2) is 60.7 Å². The van der Waals surface area contributed by atoms with E-state index in [1.54, 1.807) is 42.5 Å². The normalized spacial score (nSPS) is 10.5. The fourth-order valence-corrected chi connectivity index (χ4v) is 3.03. The van der Waals surface area contributed by atoms with E-state index < -0.39 is 5.97 Å². The summed E-state index contributed by atoms with van der Waals surface area (Å²) in [5.74, 6) is -0.205. The molecule has 3 aromatic carbocycles. The second-order valence-corrected chi connectivity index (χ2v) is 6.75. The van der Waals surface area contributed by atoms with E-state index in [0.29, 0.717) is 30.2 Å². The van der Waals surface area contributed by atoms with Gasteiger partial charge in [-0.3, -0.25) is 0 Å². The van der Waals surface area contributed by atoms with E-state index in [1.807, 2.05) is 26.0 Å². The molecular formula is C24H24FNO4. The molecule has 0 amide bonds. The lowest BCUT2D eigenvalue weighted by atomic mass is 10.1. The number of halogens is 1. The van der Waals surface area contributed by atoms with Crippen LogP contribution in [0.25, 0.3) is 0 Å². The fourth-order valence-electron chi connectivity index (χ4n) is 3.03. The molecule has 0 unspecified atom stereocenters. The zero-order valence-electron chi connectivity index (χ0n) is 16.9. The van der Waals surface area contributed by atoms with Crippen LogP contribution >= 0.6 is 0 Å². The van der Waals surface area contributed by atoms with Crippen molar-refractivity contribution in [3.05, 3.63) is 88.7 Å². The molecule has 3 rings (SSSR count). The van der Waals surface area contributed by atoms with Crippen molar-refractivity contribution < 1.29 is 23.8 Å². The summed E-state index contributed by atoms with van der Waals surface area (Å²) in [5.41, 5.74) is 3.12. The average molecular weight is 409 g/mol. The summed E-state index contributed by atoms with van der Waals surface area (Å²) in [5, 5.41) is 12.5. The van der Waals surface area contributed by atoms with E-state index in [0.717, 1.165) is 16.8 Å². The maximum atomic E-state index is 14.0. The van der Waals surface area contributed by atoms with Crippen molar-refractivity contribution in [2.45, 2.75) is 27.0 Å². The van der Waals surface area contributed by atoms with Gasteiger partial charge in [-0.1, -0.05) is 36.4 Å². The summed E-state index contributed by atoms with van der Waals surface area (Å²) < 4.78 is 25.7. The molecule has 0 spiro atoms. The Morgan fingerprint density at radius 3 is 2.53 bits per heavy atom. The number of ether oxygens (including phenoxy) is 2. The van der Waals surface area contributed by atoms with Gasteiger partial charge >= 0.3 is 5.97 Å². The molecule has 6 heteroatoms. The molecule has 3 aromatic rings. The van der Waals surface area contributed by atoms with Crippen LogP contribution in [0.4, 0.5) is 10.1 Å². The molecule has 156 valence electrons. The van der Waals surface area contributed by atoms with Crippen molar-refractivity contribution in [2.75, 3.05) is 11.9 Å². The van der Waals surface area contributed by atoms with Crippen molar-refractivity contribution in [1.29, 1.82) is 0 Å². The van der Waals surface area contributed by atoms with Crippen LogP contribution in [0.1, 0.15) is 34.0 Å². The topological polar surface area (TPSA) is 67.8 Å². The van der Waals surface area contributed by atoms with E-state index in [9.17, 15) is 14.3 Å². The number of nitrogens with one attached hydrogen (secondary N) is 1. The first kappa shape index (κ1) is 21.2. The van der Waals surface area contributed by atoms with E-state index in [-0.39, 0.29) is 18.0 Å². The molecule has 0 saturated carbocycles. The molecule has 2 N–H and O–H groups in total. The number of aryl methyl sites for hydroxylation is 1. The summed E-state index contributed by atoms with van der Waals surface area (Å²) in [6, 6.07) is 17.0. The molecule has 5 nitrogen and oxygen atoms in total. The van der Waals surface area contributed by atoms with Crippen molar-refractivity contribution >= 4 is 11.7 Å². The smallest absolute Gasteiger partial charge is 0.335 e. The largest absolute Gasteiger partial charge is 0.490 e. The van der Waals surface area contributed by atoms with Gasteiger partial charge < -0.3 is 19.9 Å². The molecule has 0 aliphatic heterocycles. The third kappa shape index (κ3) is 5.08. The Hall–Kier alpha value is -3.54. The lowest BCUT2D eigenvalue weighted by Gasteiger charge is -2.18. The van der Waals surface area contributed by atoms with E-state index in [1.165, 1.54) is 6.07 Å². The Morgan fingerprint density at radius 1 is 1.03 bits per heavy atom. The monoisotopic (exact) mass is 409 g/mol. The lowest BCUT2D eigenvalue weighted by Crippen LogP contribution is -2.08. The van der Waals surface area contributed by atoms with Gasteiger partial charge in [-0.15, -0.1) is 0 Å².